The molecule has 1 atom stereocenters. The highest BCUT2D eigenvalue weighted by atomic mass is 15.3. The van der Waals surface area contributed by atoms with E-state index in [1.807, 2.05) is 36.3 Å². The van der Waals surface area contributed by atoms with Crippen LogP contribution in [-0.2, 0) is 6.42 Å². The fourth-order valence-electron chi connectivity index (χ4n) is 3.67. The Morgan fingerprint density at radius 2 is 2.21 bits per heavy atom. The van der Waals surface area contributed by atoms with Gasteiger partial charge in [0.2, 0.25) is 5.95 Å². The van der Waals surface area contributed by atoms with E-state index in [1.165, 1.54) is 11.1 Å². The van der Waals surface area contributed by atoms with Crippen LogP contribution in [0.5, 0.6) is 0 Å². The molecule has 29 heavy (non-hydrogen) atoms. The van der Waals surface area contributed by atoms with Crippen LogP contribution in [-0.4, -0.2) is 26.3 Å². The monoisotopic (exact) mass is 387 g/mol. The molecule has 2 aromatic heterocycles. The average Bonchev–Trinajstić information content (AvgIpc) is 3.20. The summed E-state index contributed by atoms with van der Waals surface area (Å²) in [5.41, 5.74) is 6.29. The Morgan fingerprint density at radius 1 is 1.34 bits per heavy atom. The van der Waals surface area contributed by atoms with Crippen molar-refractivity contribution in [1.82, 2.24) is 25.1 Å². The lowest BCUT2D eigenvalue weighted by molar-refractivity contribution is 0.513. The maximum absolute atomic E-state index is 9.04. The summed E-state index contributed by atoms with van der Waals surface area (Å²) in [6, 6.07) is 8.93. The van der Waals surface area contributed by atoms with E-state index < -0.39 is 0 Å². The van der Waals surface area contributed by atoms with Gasteiger partial charge in [0.15, 0.2) is 0 Å². The van der Waals surface area contributed by atoms with Crippen molar-refractivity contribution in [3.8, 4) is 17.3 Å². The first kappa shape index (κ1) is 19.1. The van der Waals surface area contributed by atoms with Crippen LogP contribution in [0.3, 0.4) is 0 Å². The van der Waals surface area contributed by atoms with E-state index in [0.717, 1.165) is 35.5 Å². The predicted molar refractivity (Wildman–Crippen MR) is 113 cm³/mol. The van der Waals surface area contributed by atoms with Crippen molar-refractivity contribution in [3.05, 3.63) is 53.5 Å². The van der Waals surface area contributed by atoms with Gasteiger partial charge in [0.05, 0.1) is 24.4 Å². The molecule has 7 heteroatoms. The van der Waals surface area contributed by atoms with Gasteiger partial charge in [-0.3, -0.25) is 4.68 Å². The van der Waals surface area contributed by atoms with Crippen LogP contribution in [0.15, 0.2) is 36.8 Å². The highest BCUT2D eigenvalue weighted by Gasteiger charge is 2.19. The van der Waals surface area contributed by atoms with Crippen molar-refractivity contribution in [1.29, 1.82) is 5.26 Å². The first-order valence-corrected chi connectivity index (χ1v) is 9.93. The van der Waals surface area contributed by atoms with Gasteiger partial charge in [-0.05, 0) is 62.6 Å². The van der Waals surface area contributed by atoms with Crippen LogP contribution in [0.2, 0.25) is 0 Å². The molecule has 1 aliphatic rings. The van der Waals surface area contributed by atoms with E-state index >= 15 is 0 Å². The second-order valence-electron chi connectivity index (χ2n) is 7.69. The van der Waals surface area contributed by atoms with Crippen LogP contribution in [0.25, 0.3) is 11.3 Å². The third-order valence-corrected chi connectivity index (χ3v) is 5.23. The Morgan fingerprint density at radius 3 is 2.97 bits per heavy atom. The molecule has 0 amide bonds. The lowest BCUT2D eigenvalue weighted by Gasteiger charge is -2.25. The number of aromatic nitrogens is 4. The fraction of sp³-hybridized carbons (Fsp3) is 0.364. The number of aryl methyl sites for hydroxylation is 1. The Kier molecular flexibility index (Phi) is 5.28. The zero-order valence-electron chi connectivity index (χ0n) is 17.0. The minimum atomic E-state index is 0.109. The molecule has 2 N–H and O–H groups in total. The zero-order chi connectivity index (χ0) is 20.4. The molecule has 1 aliphatic heterocycles. The number of nitriles is 1. The Balaban J connectivity index is 1.59. The normalized spacial score (nSPS) is 15.8. The molecule has 148 valence electrons. The van der Waals surface area contributed by atoms with Crippen LogP contribution < -0.4 is 10.6 Å². The molecule has 7 nitrogen and oxygen atoms in total. The van der Waals surface area contributed by atoms with E-state index in [1.54, 1.807) is 0 Å². The molecular weight excluding hydrogens is 362 g/mol. The number of fused-ring (bicyclic) bond motifs is 1. The summed E-state index contributed by atoms with van der Waals surface area (Å²) in [6.07, 6.45) is 7.13. The van der Waals surface area contributed by atoms with Gasteiger partial charge in [0, 0.05) is 35.7 Å². The molecule has 0 saturated heterocycles. The molecule has 0 fully saturated rings. The van der Waals surface area contributed by atoms with E-state index in [4.69, 9.17) is 10.2 Å². The van der Waals surface area contributed by atoms with Gasteiger partial charge in [0.1, 0.15) is 0 Å². The van der Waals surface area contributed by atoms with Gasteiger partial charge in [-0.2, -0.15) is 10.4 Å². The molecule has 0 aliphatic carbocycles. The second kappa shape index (κ2) is 8.02. The van der Waals surface area contributed by atoms with Crippen molar-refractivity contribution in [2.24, 2.45) is 0 Å². The quantitative estimate of drug-likeness (QED) is 0.686. The predicted octanol–water partition coefficient (Wildman–Crippen LogP) is 4.07. The number of benzene rings is 1. The summed E-state index contributed by atoms with van der Waals surface area (Å²) in [4.78, 5) is 9.19. The Labute approximate surface area is 170 Å². The fourth-order valence-corrected chi connectivity index (χ4v) is 3.67. The molecule has 0 bridgehead atoms. The summed E-state index contributed by atoms with van der Waals surface area (Å²) in [7, 11) is 0. The van der Waals surface area contributed by atoms with Crippen molar-refractivity contribution < 1.29 is 0 Å². The van der Waals surface area contributed by atoms with Crippen LogP contribution in [0.4, 0.5) is 11.6 Å². The molecule has 0 radical (unpaired) electrons. The molecule has 0 saturated carbocycles. The maximum atomic E-state index is 9.04. The molecular formula is C22H25N7. The van der Waals surface area contributed by atoms with E-state index in [0.29, 0.717) is 18.4 Å². The summed E-state index contributed by atoms with van der Waals surface area (Å²) in [5, 5.41) is 20.2. The molecule has 3 aromatic rings. The molecule has 4 rings (SSSR count). The van der Waals surface area contributed by atoms with Crippen molar-refractivity contribution in [2.75, 3.05) is 11.9 Å². The summed E-state index contributed by atoms with van der Waals surface area (Å²) >= 11 is 0. The average molecular weight is 387 g/mol. The summed E-state index contributed by atoms with van der Waals surface area (Å²) in [5.74, 6) is 0.561. The summed E-state index contributed by atoms with van der Waals surface area (Å²) in [6.45, 7) is 7.09. The largest absolute Gasteiger partial charge is 0.324 e. The van der Waals surface area contributed by atoms with Gasteiger partial charge in [-0.15, -0.1) is 0 Å². The Bertz CT molecular complexity index is 1060. The molecule has 3 heterocycles. The summed E-state index contributed by atoms with van der Waals surface area (Å²) < 4.78 is 1.93. The first-order valence-electron chi connectivity index (χ1n) is 9.93. The van der Waals surface area contributed by atoms with E-state index in [9.17, 15) is 0 Å². The van der Waals surface area contributed by atoms with Crippen LogP contribution >= 0.6 is 0 Å². The second-order valence-corrected chi connectivity index (χ2v) is 7.69. The van der Waals surface area contributed by atoms with Gasteiger partial charge >= 0.3 is 0 Å². The maximum Gasteiger partial charge on any atom is 0.227 e. The minimum Gasteiger partial charge on any atom is -0.324 e. The van der Waals surface area contributed by atoms with Crippen molar-refractivity contribution in [2.45, 2.75) is 45.7 Å². The smallest absolute Gasteiger partial charge is 0.227 e. The first-order chi connectivity index (χ1) is 14.0. The van der Waals surface area contributed by atoms with Gasteiger partial charge in [0.25, 0.3) is 0 Å². The van der Waals surface area contributed by atoms with Gasteiger partial charge in [-0.1, -0.05) is 6.07 Å². The lowest BCUT2D eigenvalue weighted by atomic mass is 9.92. The molecule has 1 aromatic carbocycles. The number of nitrogens with zero attached hydrogens (tertiary/aromatic N) is 5. The molecule has 1 unspecified atom stereocenters. The number of hydrogen-bond acceptors (Lipinski definition) is 6. The standard InChI is InChI=1S/C22H25N7/c1-14(2)29-13-17(12-26-29)21-15(3)11-25-22(28-21)27-18-4-5-19-16(10-18)7-9-24-20(19)6-8-23/h4-5,10-14,20,24H,6-7,9H2,1-3H3,(H,25,27,28). The third-order valence-electron chi connectivity index (χ3n) is 5.23. The number of nitrogens with one attached hydrogen (secondary N) is 2. The highest BCUT2D eigenvalue weighted by molar-refractivity contribution is 5.64. The number of hydrogen-bond donors (Lipinski definition) is 2. The van der Waals surface area contributed by atoms with E-state index in [2.05, 4.69) is 52.8 Å². The lowest BCUT2D eigenvalue weighted by Crippen LogP contribution is -2.29. The number of rotatable bonds is 5. The van der Waals surface area contributed by atoms with Crippen molar-refractivity contribution >= 4 is 11.6 Å². The Hall–Kier alpha value is -3.24. The van der Waals surface area contributed by atoms with Gasteiger partial charge in [-0.25, -0.2) is 9.97 Å². The SMILES string of the molecule is Cc1cnc(Nc2ccc3c(c2)CCNC3CC#N)nc1-c1cnn(C(C)C)c1. The highest BCUT2D eigenvalue weighted by Crippen LogP contribution is 2.29. The third kappa shape index (κ3) is 3.98. The van der Waals surface area contributed by atoms with Gasteiger partial charge < -0.3 is 10.6 Å². The van der Waals surface area contributed by atoms with Crippen LogP contribution in [0.1, 0.15) is 49.0 Å². The molecule has 0 spiro atoms. The zero-order valence-corrected chi connectivity index (χ0v) is 17.0. The van der Waals surface area contributed by atoms with Crippen LogP contribution in [0, 0.1) is 18.3 Å². The van der Waals surface area contributed by atoms with E-state index in [-0.39, 0.29) is 6.04 Å². The number of anilines is 2. The topological polar surface area (TPSA) is 91.4 Å². The minimum absolute atomic E-state index is 0.109. The van der Waals surface area contributed by atoms with Crippen molar-refractivity contribution in [3.63, 3.8) is 0 Å².